The number of halogens is 1. The highest BCUT2D eigenvalue weighted by atomic mass is 35.5. The van der Waals surface area contributed by atoms with E-state index < -0.39 is 0 Å². The molecule has 78 valence electrons. The zero-order chi connectivity index (χ0) is 10.8. The van der Waals surface area contributed by atoms with Crippen molar-refractivity contribution in [3.05, 3.63) is 41.4 Å². The molecule has 1 aliphatic rings. The van der Waals surface area contributed by atoms with Crippen LogP contribution in [0.25, 0.3) is 5.57 Å². The maximum atomic E-state index is 6.05. The van der Waals surface area contributed by atoms with E-state index in [2.05, 4.69) is 11.6 Å². The molecule has 2 N–H and O–H groups in total. The van der Waals surface area contributed by atoms with Gasteiger partial charge in [-0.2, -0.15) is 0 Å². The Morgan fingerprint density at radius 1 is 1.53 bits per heavy atom. The van der Waals surface area contributed by atoms with Crippen LogP contribution in [0.5, 0.6) is 0 Å². The molecule has 1 aromatic rings. The molecule has 2 rings (SSSR count). The van der Waals surface area contributed by atoms with Gasteiger partial charge in [0.2, 0.25) is 0 Å². The fourth-order valence-electron chi connectivity index (χ4n) is 1.47. The lowest BCUT2D eigenvalue weighted by atomic mass is 10.0. The van der Waals surface area contributed by atoms with E-state index in [0.29, 0.717) is 11.6 Å². The minimum atomic E-state index is -0.120. The smallest absolute Gasteiger partial charge is 0.282 e. The number of nitrogens with zero attached hydrogens (tertiary/aromatic N) is 1. The zero-order valence-corrected chi connectivity index (χ0v) is 8.87. The molecule has 1 aromatic carbocycles. The van der Waals surface area contributed by atoms with E-state index in [1.165, 1.54) is 0 Å². The van der Waals surface area contributed by atoms with Gasteiger partial charge in [-0.25, -0.2) is 4.99 Å². The highest BCUT2D eigenvalue weighted by molar-refractivity contribution is 6.32. The van der Waals surface area contributed by atoms with Crippen LogP contribution in [0.3, 0.4) is 0 Å². The van der Waals surface area contributed by atoms with Gasteiger partial charge in [-0.3, -0.25) is 0 Å². The number of nitrogens with two attached hydrogens (primary N) is 1. The van der Waals surface area contributed by atoms with Crippen LogP contribution in [0.4, 0.5) is 0 Å². The second-order valence-electron chi connectivity index (χ2n) is 3.30. The van der Waals surface area contributed by atoms with Crippen LogP contribution < -0.4 is 5.73 Å². The first-order valence-corrected chi connectivity index (χ1v) is 4.96. The van der Waals surface area contributed by atoms with Gasteiger partial charge >= 0.3 is 0 Å². The fourth-order valence-corrected chi connectivity index (χ4v) is 1.73. The first-order chi connectivity index (χ1) is 7.18. The van der Waals surface area contributed by atoms with Crippen LogP contribution in [0.1, 0.15) is 5.56 Å². The molecule has 3 nitrogen and oxygen atoms in total. The van der Waals surface area contributed by atoms with Crippen LogP contribution in [0.15, 0.2) is 35.8 Å². The van der Waals surface area contributed by atoms with Crippen molar-refractivity contribution >= 4 is 23.2 Å². The number of ether oxygens (including phenoxy) is 1. The molecular weight excluding hydrogens is 212 g/mol. The third kappa shape index (κ3) is 1.97. The summed E-state index contributed by atoms with van der Waals surface area (Å²) >= 11 is 6.05. The number of rotatable bonds is 2. The Balaban J connectivity index is 2.26. The standard InChI is InChI=1S/C11H11ClN2O/c1-7(10-6-15-11(13)14-10)8-4-2-3-5-9(8)12/h2-5,10H,1,6H2,(H2,13,14)/t10-/m1/s1. The van der Waals surface area contributed by atoms with Gasteiger partial charge < -0.3 is 10.5 Å². The van der Waals surface area contributed by atoms with Crippen molar-refractivity contribution in [2.45, 2.75) is 6.04 Å². The van der Waals surface area contributed by atoms with Crippen LogP contribution in [0, 0.1) is 0 Å². The van der Waals surface area contributed by atoms with Crippen molar-refractivity contribution in [2.75, 3.05) is 6.61 Å². The summed E-state index contributed by atoms with van der Waals surface area (Å²) in [5.41, 5.74) is 7.16. The van der Waals surface area contributed by atoms with E-state index in [-0.39, 0.29) is 12.1 Å². The normalized spacial score (nSPS) is 19.5. The number of benzene rings is 1. The minimum Gasteiger partial charge on any atom is -0.463 e. The van der Waals surface area contributed by atoms with Gasteiger partial charge in [-0.1, -0.05) is 36.4 Å². The molecular formula is C11H11ClN2O. The Labute approximate surface area is 93.2 Å². The molecule has 4 heteroatoms. The Kier molecular flexibility index (Phi) is 2.64. The van der Waals surface area contributed by atoms with Gasteiger partial charge in [-0.15, -0.1) is 0 Å². The molecule has 0 amide bonds. The summed E-state index contributed by atoms with van der Waals surface area (Å²) in [4.78, 5) is 4.12. The first kappa shape index (κ1) is 10.1. The van der Waals surface area contributed by atoms with Crippen molar-refractivity contribution in [3.8, 4) is 0 Å². The van der Waals surface area contributed by atoms with Gasteiger partial charge in [0.15, 0.2) is 0 Å². The van der Waals surface area contributed by atoms with Crippen molar-refractivity contribution in [1.82, 2.24) is 0 Å². The molecule has 0 aromatic heterocycles. The van der Waals surface area contributed by atoms with Gasteiger partial charge in [-0.05, 0) is 17.2 Å². The lowest BCUT2D eigenvalue weighted by molar-refractivity contribution is 0.329. The Hall–Kier alpha value is -1.48. The molecule has 0 aliphatic carbocycles. The lowest BCUT2D eigenvalue weighted by Gasteiger charge is -2.10. The van der Waals surface area contributed by atoms with Gasteiger partial charge in [0, 0.05) is 5.02 Å². The second kappa shape index (κ2) is 3.95. The summed E-state index contributed by atoms with van der Waals surface area (Å²) in [5.74, 6) is 0. The molecule has 0 fully saturated rings. The molecule has 0 spiro atoms. The number of amidine groups is 1. The molecule has 1 aliphatic heterocycles. The molecule has 15 heavy (non-hydrogen) atoms. The average molecular weight is 223 g/mol. The number of aliphatic imine (C=N–C) groups is 1. The summed E-state index contributed by atoms with van der Waals surface area (Å²) < 4.78 is 5.07. The summed E-state index contributed by atoms with van der Waals surface area (Å²) in [6.07, 6.45) is 0. The molecule has 0 unspecified atom stereocenters. The van der Waals surface area contributed by atoms with Crippen LogP contribution in [-0.4, -0.2) is 18.7 Å². The van der Waals surface area contributed by atoms with Crippen LogP contribution in [-0.2, 0) is 4.74 Å². The van der Waals surface area contributed by atoms with Crippen molar-refractivity contribution in [2.24, 2.45) is 10.7 Å². The maximum Gasteiger partial charge on any atom is 0.282 e. The first-order valence-electron chi connectivity index (χ1n) is 4.58. The molecule has 0 bridgehead atoms. The molecule has 0 saturated heterocycles. The Morgan fingerprint density at radius 3 is 2.87 bits per heavy atom. The van der Waals surface area contributed by atoms with E-state index in [1.807, 2.05) is 24.3 Å². The summed E-state index contributed by atoms with van der Waals surface area (Å²) in [5, 5.41) is 0.670. The summed E-state index contributed by atoms with van der Waals surface area (Å²) in [7, 11) is 0. The Morgan fingerprint density at radius 2 is 2.27 bits per heavy atom. The van der Waals surface area contributed by atoms with E-state index in [9.17, 15) is 0 Å². The average Bonchev–Trinajstić information content (AvgIpc) is 2.65. The highest BCUT2D eigenvalue weighted by Crippen LogP contribution is 2.27. The number of hydrogen-bond acceptors (Lipinski definition) is 3. The third-order valence-corrected chi connectivity index (χ3v) is 2.62. The largest absolute Gasteiger partial charge is 0.463 e. The lowest BCUT2D eigenvalue weighted by Crippen LogP contribution is -2.10. The molecule has 0 saturated carbocycles. The van der Waals surface area contributed by atoms with E-state index in [0.717, 1.165) is 11.1 Å². The van der Waals surface area contributed by atoms with Crippen LogP contribution >= 0.6 is 11.6 Å². The van der Waals surface area contributed by atoms with Gasteiger partial charge in [0.05, 0.1) is 0 Å². The topological polar surface area (TPSA) is 47.6 Å². The predicted molar refractivity (Wildman–Crippen MR) is 61.8 cm³/mol. The predicted octanol–water partition coefficient (Wildman–Crippen LogP) is 2.07. The maximum absolute atomic E-state index is 6.05. The quantitative estimate of drug-likeness (QED) is 0.833. The van der Waals surface area contributed by atoms with Gasteiger partial charge in [0.1, 0.15) is 12.6 Å². The monoisotopic (exact) mass is 222 g/mol. The fraction of sp³-hybridized carbons (Fsp3) is 0.182. The SMILES string of the molecule is C=C(c1ccccc1Cl)[C@H]1COC(N)=N1. The Bertz CT molecular complexity index is 428. The van der Waals surface area contributed by atoms with E-state index in [1.54, 1.807) is 0 Å². The van der Waals surface area contributed by atoms with Crippen molar-refractivity contribution < 1.29 is 4.74 Å². The number of hydrogen-bond donors (Lipinski definition) is 1. The highest BCUT2D eigenvalue weighted by Gasteiger charge is 2.21. The summed E-state index contributed by atoms with van der Waals surface area (Å²) in [6.45, 7) is 4.42. The summed E-state index contributed by atoms with van der Waals surface area (Å²) in [6, 6.07) is 7.62. The van der Waals surface area contributed by atoms with Crippen LogP contribution in [0.2, 0.25) is 5.02 Å². The molecule has 1 heterocycles. The van der Waals surface area contributed by atoms with E-state index in [4.69, 9.17) is 22.1 Å². The van der Waals surface area contributed by atoms with Gasteiger partial charge in [0.25, 0.3) is 6.02 Å². The second-order valence-corrected chi connectivity index (χ2v) is 3.71. The van der Waals surface area contributed by atoms with E-state index >= 15 is 0 Å². The molecule has 0 radical (unpaired) electrons. The zero-order valence-electron chi connectivity index (χ0n) is 8.11. The minimum absolute atomic E-state index is 0.120. The molecule has 1 atom stereocenters. The van der Waals surface area contributed by atoms with Crippen molar-refractivity contribution in [3.63, 3.8) is 0 Å². The van der Waals surface area contributed by atoms with Crippen molar-refractivity contribution in [1.29, 1.82) is 0 Å². The third-order valence-electron chi connectivity index (χ3n) is 2.29.